The molecule has 0 aliphatic rings. The van der Waals surface area contributed by atoms with Crippen LogP contribution in [0.1, 0.15) is 29.6 Å². The Morgan fingerprint density at radius 1 is 1.14 bits per heavy atom. The Labute approximate surface area is 133 Å². The van der Waals surface area contributed by atoms with Crippen LogP contribution in [0.25, 0.3) is 0 Å². The minimum absolute atomic E-state index is 0.143. The number of hydrogen-bond acceptors (Lipinski definition) is 4. The zero-order valence-electron chi connectivity index (χ0n) is 13.8. The summed E-state index contributed by atoms with van der Waals surface area (Å²) in [5.41, 5.74) is 0.517. The summed E-state index contributed by atoms with van der Waals surface area (Å²) >= 11 is 0. The number of ether oxygens (including phenoxy) is 1. The van der Waals surface area contributed by atoms with Crippen LogP contribution < -0.4 is 10.1 Å². The molecule has 6 heteroatoms. The molecule has 0 unspecified atom stereocenters. The van der Waals surface area contributed by atoms with Crippen LogP contribution in [0.3, 0.4) is 0 Å². The number of carbonyl (C=O) groups excluding carboxylic acids is 2. The molecule has 0 aliphatic heterocycles. The van der Waals surface area contributed by atoms with Crippen LogP contribution in [0, 0.1) is 0 Å². The first-order valence-corrected chi connectivity index (χ1v) is 10.9. The summed E-state index contributed by atoms with van der Waals surface area (Å²) in [6.45, 7) is 6.48. The minimum atomic E-state index is -1.79. The highest BCUT2D eigenvalue weighted by Crippen LogP contribution is 2.16. The molecule has 122 valence electrons. The average molecular weight is 323 g/mol. The fraction of sp³-hybridized carbons (Fsp3) is 0.500. The van der Waals surface area contributed by atoms with Crippen molar-refractivity contribution in [2.24, 2.45) is 0 Å². The lowest BCUT2D eigenvalue weighted by Gasteiger charge is -2.17. The van der Waals surface area contributed by atoms with Gasteiger partial charge >= 0.3 is 0 Å². The molecule has 1 amide bonds. The molecule has 0 heterocycles. The van der Waals surface area contributed by atoms with E-state index in [4.69, 9.17) is 9.16 Å². The number of carbonyl (C=O) groups is 2. The second-order valence-electron chi connectivity index (χ2n) is 6.00. The van der Waals surface area contributed by atoms with Crippen molar-refractivity contribution >= 4 is 20.2 Å². The highest BCUT2D eigenvalue weighted by Gasteiger charge is 2.19. The molecule has 0 saturated heterocycles. The molecule has 0 aliphatic carbocycles. The van der Waals surface area contributed by atoms with Gasteiger partial charge in [-0.15, -0.1) is 0 Å². The van der Waals surface area contributed by atoms with E-state index in [2.05, 4.69) is 5.32 Å². The topological polar surface area (TPSA) is 64.6 Å². The average Bonchev–Trinajstić information content (AvgIpc) is 2.44. The van der Waals surface area contributed by atoms with E-state index in [9.17, 15) is 9.59 Å². The molecule has 1 aromatic rings. The van der Waals surface area contributed by atoms with Crippen LogP contribution in [0.15, 0.2) is 24.3 Å². The first-order chi connectivity index (χ1) is 10.3. The van der Waals surface area contributed by atoms with Gasteiger partial charge in [0.25, 0.3) is 11.9 Å². The number of para-hydroxylation sites is 1. The maximum Gasteiger partial charge on any atom is 0.292 e. The van der Waals surface area contributed by atoms with E-state index in [0.717, 1.165) is 6.42 Å². The van der Waals surface area contributed by atoms with Crippen molar-refractivity contribution in [3.05, 3.63) is 29.8 Å². The van der Waals surface area contributed by atoms with Crippen LogP contribution in [0.5, 0.6) is 5.75 Å². The number of rotatable bonds is 8. The SMILES string of the molecule is COc1ccccc1C(=O)NCCCCC(=O)O[Si](C)(C)C. The standard InChI is InChI=1S/C16H25NO4Si/c1-20-14-10-6-5-9-13(14)16(19)17-12-8-7-11-15(18)21-22(2,3)4/h5-6,9-10H,7-8,11-12H2,1-4H3,(H,17,19). The molecule has 0 bridgehead atoms. The lowest BCUT2D eigenvalue weighted by Crippen LogP contribution is -2.29. The lowest BCUT2D eigenvalue weighted by atomic mass is 10.2. The van der Waals surface area contributed by atoms with E-state index in [1.165, 1.54) is 7.11 Å². The van der Waals surface area contributed by atoms with E-state index in [1.807, 2.05) is 25.7 Å². The number of benzene rings is 1. The first kappa shape index (κ1) is 18.2. The maximum atomic E-state index is 12.0. The number of nitrogens with one attached hydrogen (secondary N) is 1. The van der Waals surface area contributed by atoms with Crippen LogP contribution in [-0.2, 0) is 9.22 Å². The predicted octanol–water partition coefficient (Wildman–Crippen LogP) is 2.97. The molecule has 1 N–H and O–H groups in total. The van der Waals surface area contributed by atoms with E-state index in [1.54, 1.807) is 18.2 Å². The van der Waals surface area contributed by atoms with Gasteiger partial charge in [-0.2, -0.15) is 0 Å². The van der Waals surface area contributed by atoms with Gasteiger partial charge in [0.2, 0.25) is 8.32 Å². The zero-order chi connectivity index (χ0) is 16.6. The van der Waals surface area contributed by atoms with Crippen LogP contribution in [-0.4, -0.2) is 33.8 Å². The second kappa shape index (κ2) is 8.58. The molecule has 5 nitrogen and oxygen atoms in total. The normalized spacial score (nSPS) is 10.9. The smallest absolute Gasteiger partial charge is 0.292 e. The molecule has 0 spiro atoms. The molecule has 22 heavy (non-hydrogen) atoms. The van der Waals surface area contributed by atoms with Gasteiger partial charge in [0.15, 0.2) is 0 Å². The third-order valence-corrected chi connectivity index (χ3v) is 3.70. The van der Waals surface area contributed by atoms with Gasteiger partial charge in [-0.05, 0) is 44.6 Å². The highest BCUT2D eigenvalue weighted by molar-refractivity contribution is 6.71. The van der Waals surface area contributed by atoms with Gasteiger partial charge in [0.1, 0.15) is 5.75 Å². The molecule has 1 aromatic carbocycles. The Kier molecular flexibility index (Phi) is 7.11. The van der Waals surface area contributed by atoms with E-state index in [-0.39, 0.29) is 11.9 Å². The van der Waals surface area contributed by atoms with Crippen molar-refractivity contribution in [2.45, 2.75) is 38.9 Å². The maximum absolute atomic E-state index is 12.0. The molecular formula is C16H25NO4Si. The van der Waals surface area contributed by atoms with Gasteiger partial charge in [-0.25, -0.2) is 0 Å². The molecule has 0 radical (unpaired) electrons. The second-order valence-corrected chi connectivity index (χ2v) is 10.4. The number of unbranched alkanes of at least 4 members (excludes halogenated alkanes) is 1. The minimum Gasteiger partial charge on any atom is -0.520 e. The Bertz CT molecular complexity index is 511. The third-order valence-electron chi connectivity index (χ3n) is 2.86. The molecule has 0 fully saturated rings. The Hall–Kier alpha value is -1.82. The largest absolute Gasteiger partial charge is 0.520 e. The summed E-state index contributed by atoms with van der Waals surface area (Å²) in [6.07, 6.45) is 1.84. The molecule has 0 aromatic heterocycles. The Balaban J connectivity index is 2.27. The molecule has 0 atom stereocenters. The number of amides is 1. The summed E-state index contributed by atoms with van der Waals surface area (Å²) in [7, 11) is -0.257. The van der Waals surface area contributed by atoms with Crippen molar-refractivity contribution in [2.75, 3.05) is 13.7 Å². The quantitative estimate of drug-likeness (QED) is 0.590. The lowest BCUT2D eigenvalue weighted by molar-refractivity contribution is -0.135. The van der Waals surface area contributed by atoms with Gasteiger partial charge in [0.05, 0.1) is 12.7 Å². The number of hydrogen-bond donors (Lipinski definition) is 1. The fourth-order valence-electron chi connectivity index (χ4n) is 1.92. The van der Waals surface area contributed by atoms with Gasteiger partial charge in [-0.3, -0.25) is 9.59 Å². The Morgan fingerprint density at radius 3 is 2.45 bits per heavy atom. The number of methoxy groups -OCH3 is 1. The van der Waals surface area contributed by atoms with Gasteiger partial charge in [-0.1, -0.05) is 12.1 Å². The monoisotopic (exact) mass is 323 g/mol. The van der Waals surface area contributed by atoms with Crippen LogP contribution >= 0.6 is 0 Å². The van der Waals surface area contributed by atoms with Crippen molar-refractivity contribution < 1.29 is 18.8 Å². The van der Waals surface area contributed by atoms with E-state index < -0.39 is 8.32 Å². The van der Waals surface area contributed by atoms with Crippen molar-refractivity contribution in [3.63, 3.8) is 0 Å². The summed E-state index contributed by atoms with van der Waals surface area (Å²) in [6, 6.07) is 7.09. The van der Waals surface area contributed by atoms with Crippen molar-refractivity contribution in [1.82, 2.24) is 5.32 Å². The van der Waals surface area contributed by atoms with Gasteiger partial charge < -0.3 is 14.5 Å². The zero-order valence-corrected chi connectivity index (χ0v) is 14.8. The van der Waals surface area contributed by atoms with Crippen molar-refractivity contribution in [1.29, 1.82) is 0 Å². The van der Waals surface area contributed by atoms with Crippen molar-refractivity contribution in [3.8, 4) is 5.75 Å². The molecular weight excluding hydrogens is 298 g/mol. The summed E-state index contributed by atoms with van der Waals surface area (Å²) < 4.78 is 10.5. The molecule has 0 saturated carbocycles. The van der Waals surface area contributed by atoms with E-state index in [0.29, 0.717) is 30.7 Å². The fourth-order valence-corrected chi connectivity index (χ4v) is 2.70. The van der Waals surface area contributed by atoms with E-state index >= 15 is 0 Å². The third kappa shape index (κ3) is 6.75. The first-order valence-electron chi connectivity index (χ1n) is 7.46. The van der Waals surface area contributed by atoms with Gasteiger partial charge in [0, 0.05) is 13.0 Å². The van der Waals surface area contributed by atoms with Crippen LogP contribution in [0.2, 0.25) is 19.6 Å². The van der Waals surface area contributed by atoms with Crippen LogP contribution in [0.4, 0.5) is 0 Å². The molecule has 1 rings (SSSR count). The summed E-state index contributed by atoms with van der Waals surface area (Å²) in [5.74, 6) is 0.246. The summed E-state index contributed by atoms with van der Waals surface area (Å²) in [4.78, 5) is 23.6. The highest BCUT2D eigenvalue weighted by atomic mass is 28.4. The Morgan fingerprint density at radius 2 is 1.82 bits per heavy atom. The summed E-state index contributed by atoms with van der Waals surface area (Å²) in [5, 5.41) is 2.83. The predicted molar refractivity (Wildman–Crippen MR) is 88.6 cm³/mol.